The highest BCUT2D eigenvalue weighted by Gasteiger charge is 2.34. The van der Waals surface area contributed by atoms with E-state index in [2.05, 4.69) is 4.98 Å². The molecule has 1 saturated carbocycles. The maximum absolute atomic E-state index is 14.1. The van der Waals surface area contributed by atoms with Crippen LogP contribution in [0.25, 0.3) is 11.3 Å². The molecule has 2 aromatic rings. The van der Waals surface area contributed by atoms with Gasteiger partial charge in [-0.05, 0) is 30.2 Å². The molecule has 4 heteroatoms. The molecule has 1 aromatic carbocycles. The molecule has 0 unspecified atom stereocenters. The molecule has 1 aliphatic rings. The van der Waals surface area contributed by atoms with Crippen LogP contribution < -0.4 is 10.5 Å². The predicted octanol–water partition coefficient (Wildman–Crippen LogP) is 2.71. The van der Waals surface area contributed by atoms with Gasteiger partial charge < -0.3 is 10.5 Å². The molecule has 1 fully saturated rings. The van der Waals surface area contributed by atoms with E-state index >= 15 is 0 Å². The molecule has 2 N–H and O–H groups in total. The number of ether oxygens (including phenoxy) is 1. The third-order valence-corrected chi connectivity index (χ3v) is 3.51. The van der Waals surface area contributed by atoms with Gasteiger partial charge in [-0.25, -0.2) is 4.39 Å². The van der Waals surface area contributed by atoms with Gasteiger partial charge in [-0.15, -0.1) is 0 Å². The molecule has 0 bridgehead atoms. The standard InChI is InChI=1S/C15H15FN2O/c1-19-14-4-2-3-10(15(14)16)13-6-5-9(8-18-13)11-7-12(11)17/h2-6,8,11-12H,7,17H2,1H3/t11-,12+/m1/s1. The van der Waals surface area contributed by atoms with Gasteiger partial charge in [0.05, 0.1) is 12.8 Å². The SMILES string of the molecule is COc1cccc(-c2ccc([C@H]3C[C@@H]3N)cn2)c1F. The number of nitrogens with zero attached hydrogens (tertiary/aromatic N) is 1. The molecule has 1 aromatic heterocycles. The van der Waals surface area contributed by atoms with Crippen LogP contribution >= 0.6 is 0 Å². The van der Waals surface area contributed by atoms with E-state index in [4.69, 9.17) is 10.5 Å². The first-order chi connectivity index (χ1) is 9.20. The molecule has 0 spiro atoms. The fourth-order valence-electron chi connectivity index (χ4n) is 2.25. The van der Waals surface area contributed by atoms with Gasteiger partial charge >= 0.3 is 0 Å². The van der Waals surface area contributed by atoms with Gasteiger partial charge in [-0.1, -0.05) is 12.1 Å². The predicted molar refractivity (Wildman–Crippen MR) is 71.5 cm³/mol. The summed E-state index contributed by atoms with van der Waals surface area (Å²) in [6, 6.07) is 9.10. The van der Waals surface area contributed by atoms with Gasteiger partial charge in [0.2, 0.25) is 0 Å². The first kappa shape index (κ1) is 12.1. The monoisotopic (exact) mass is 258 g/mol. The Kier molecular flexibility index (Phi) is 2.95. The lowest BCUT2D eigenvalue weighted by Crippen LogP contribution is -2.01. The molecule has 0 amide bonds. The summed E-state index contributed by atoms with van der Waals surface area (Å²) in [6.45, 7) is 0. The van der Waals surface area contributed by atoms with Gasteiger partial charge in [0.15, 0.2) is 11.6 Å². The van der Waals surface area contributed by atoms with Crippen LogP contribution in [0.5, 0.6) is 5.75 Å². The number of nitrogens with two attached hydrogens (primary N) is 1. The lowest BCUT2D eigenvalue weighted by atomic mass is 10.1. The second-order valence-electron chi connectivity index (χ2n) is 4.80. The van der Waals surface area contributed by atoms with Crippen molar-refractivity contribution in [1.29, 1.82) is 0 Å². The van der Waals surface area contributed by atoms with Crippen molar-refractivity contribution in [2.75, 3.05) is 7.11 Å². The van der Waals surface area contributed by atoms with Crippen molar-refractivity contribution in [3.05, 3.63) is 47.9 Å². The van der Waals surface area contributed by atoms with Gasteiger partial charge in [-0.2, -0.15) is 0 Å². The fraction of sp³-hybridized carbons (Fsp3) is 0.267. The second-order valence-corrected chi connectivity index (χ2v) is 4.80. The molecule has 2 atom stereocenters. The molecule has 19 heavy (non-hydrogen) atoms. The van der Waals surface area contributed by atoms with Crippen molar-refractivity contribution in [3.8, 4) is 17.0 Å². The van der Waals surface area contributed by atoms with E-state index < -0.39 is 0 Å². The Balaban J connectivity index is 1.94. The fourth-order valence-corrected chi connectivity index (χ4v) is 2.25. The van der Waals surface area contributed by atoms with Gasteiger partial charge in [0.1, 0.15) is 0 Å². The Morgan fingerprint density at radius 2 is 2.11 bits per heavy atom. The molecular weight excluding hydrogens is 243 g/mol. The smallest absolute Gasteiger partial charge is 0.174 e. The molecule has 0 radical (unpaired) electrons. The van der Waals surface area contributed by atoms with Gasteiger partial charge in [-0.3, -0.25) is 4.98 Å². The summed E-state index contributed by atoms with van der Waals surface area (Å²) in [4.78, 5) is 4.33. The molecule has 3 nitrogen and oxygen atoms in total. The van der Waals surface area contributed by atoms with Crippen molar-refractivity contribution >= 4 is 0 Å². The molecule has 0 saturated heterocycles. The van der Waals surface area contributed by atoms with Crippen LogP contribution in [0.15, 0.2) is 36.5 Å². The zero-order valence-corrected chi connectivity index (χ0v) is 10.6. The summed E-state index contributed by atoms with van der Waals surface area (Å²) in [5.74, 6) is 0.262. The average Bonchev–Trinajstić information content (AvgIpc) is 3.16. The number of hydrogen-bond donors (Lipinski definition) is 1. The number of methoxy groups -OCH3 is 1. The molecule has 0 aliphatic heterocycles. The van der Waals surface area contributed by atoms with Crippen LogP contribution in [-0.2, 0) is 0 Å². The molecule has 1 heterocycles. The minimum atomic E-state index is -0.381. The highest BCUT2D eigenvalue weighted by atomic mass is 19.1. The maximum Gasteiger partial charge on any atom is 0.174 e. The first-order valence-corrected chi connectivity index (χ1v) is 6.25. The van der Waals surface area contributed by atoms with Crippen molar-refractivity contribution in [2.45, 2.75) is 18.4 Å². The second kappa shape index (κ2) is 4.63. The van der Waals surface area contributed by atoms with Crippen LogP contribution in [0.1, 0.15) is 17.9 Å². The van der Waals surface area contributed by atoms with E-state index in [0.717, 1.165) is 12.0 Å². The number of aromatic nitrogens is 1. The lowest BCUT2D eigenvalue weighted by molar-refractivity contribution is 0.387. The van der Waals surface area contributed by atoms with E-state index in [-0.39, 0.29) is 17.6 Å². The van der Waals surface area contributed by atoms with Gasteiger partial charge in [0.25, 0.3) is 0 Å². The van der Waals surface area contributed by atoms with Crippen LogP contribution in [0.2, 0.25) is 0 Å². The lowest BCUT2D eigenvalue weighted by Gasteiger charge is -2.07. The van der Waals surface area contributed by atoms with Crippen molar-refractivity contribution in [3.63, 3.8) is 0 Å². The zero-order chi connectivity index (χ0) is 13.4. The summed E-state index contributed by atoms with van der Waals surface area (Å²) in [6.07, 6.45) is 2.79. The quantitative estimate of drug-likeness (QED) is 0.920. The van der Waals surface area contributed by atoms with E-state index in [1.165, 1.54) is 7.11 Å². The third-order valence-electron chi connectivity index (χ3n) is 3.51. The van der Waals surface area contributed by atoms with E-state index in [1.807, 2.05) is 12.1 Å². The van der Waals surface area contributed by atoms with Crippen LogP contribution in [0, 0.1) is 5.82 Å². The number of halogens is 1. The third kappa shape index (κ3) is 2.19. The Bertz CT molecular complexity index is 598. The van der Waals surface area contributed by atoms with E-state index in [9.17, 15) is 4.39 Å². The highest BCUT2D eigenvalue weighted by Crippen LogP contribution is 2.39. The Morgan fingerprint density at radius 3 is 2.68 bits per heavy atom. The number of rotatable bonds is 3. The molecule has 3 rings (SSSR count). The van der Waals surface area contributed by atoms with Crippen LogP contribution in [-0.4, -0.2) is 18.1 Å². The van der Waals surface area contributed by atoms with Crippen molar-refractivity contribution in [1.82, 2.24) is 4.98 Å². The summed E-state index contributed by atoms with van der Waals surface area (Å²) < 4.78 is 19.1. The van der Waals surface area contributed by atoms with Crippen LogP contribution in [0.3, 0.4) is 0 Å². The maximum atomic E-state index is 14.1. The minimum absolute atomic E-state index is 0.229. The highest BCUT2D eigenvalue weighted by molar-refractivity contribution is 5.62. The largest absolute Gasteiger partial charge is 0.494 e. The summed E-state index contributed by atoms with van der Waals surface area (Å²) in [5, 5.41) is 0. The molecular formula is C15H15FN2O. The molecule has 98 valence electrons. The zero-order valence-electron chi connectivity index (χ0n) is 10.6. The van der Waals surface area contributed by atoms with Crippen LogP contribution in [0.4, 0.5) is 4.39 Å². The molecule has 1 aliphatic carbocycles. The van der Waals surface area contributed by atoms with Crippen molar-refractivity contribution in [2.24, 2.45) is 5.73 Å². The first-order valence-electron chi connectivity index (χ1n) is 6.25. The van der Waals surface area contributed by atoms with E-state index in [1.54, 1.807) is 24.4 Å². The summed E-state index contributed by atoms with van der Waals surface area (Å²) in [5.41, 5.74) is 7.99. The number of hydrogen-bond acceptors (Lipinski definition) is 3. The normalized spacial score (nSPS) is 21.2. The average molecular weight is 258 g/mol. The van der Waals surface area contributed by atoms with Gasteiger partial charge in [0, 0.05) is 23.7 Å². The Morgan fingerprint density at radius 1 is 1.32 bits per heavy atom. The summed E-state index contributed by atoms with van der Waals surface area (Å²) in [7, 11) is 1.45. The minimum Gasteiger partial charge on any atom is -0.494 e. The Hall–Kier alpha value is -1.94. The van der Waals surface area contributed by atoms with E-state index in [0.29, 0.717) is 17.2 Å². The number of pyridine rings is 1. The Labute approximate surface area is 111 Å². The summed E-state index contributed by atoms with van der Waals surface area (Å²) >= 11 is 0. The topological polar surface area (TPSA) is 48.1 Å². The van der Waals surface area contributed by atoms with Crippen molar-refractivity contribution < 1.29 is 9.13 Å². The number of benzene rings is 1.